The second-order valence-corrected chi connectivity index (χ2v) is 8.30. The fourth-order valence-corrected chi connectivity index (χ4v) is 4.05. The molecule has 0 aliphatic carbocycles. The van der Waals surface area contributed by atoms with Crippen LogP contribution in [0.1, 0.15) is 39.4 Å². The summed E-state index contributed by atoms with van der Waals surface area (Å²) < 4.78 is 2.23. The number of aromatic nitrogens is 3. The summed E-state index contributed by atoms with van der Waals surface area (Å²) in [6.45, 7) is 12.3. The number of aryl methyl sites for hydroxylation is 1. The van der Waals surface area contributed by atoms with E-state index in [0.717, 1.165) is 47.0 Å². The predicted molar refractivity (Wildman–Crippen MR) is 116 cm³/mol. The summed E-state index contributed by atoms with van der Waals surface area (Å²) in [7, 11) is 0. The van der Waals surface area contributed by atoms with Crippen molar-refractivity contribution >= 4 is 22.4 Å². The monoisotopic (exact) mass is 386 g/mol. The molecule has 0 saturated carbocycles. The lowest BCUT2D eigenvalue weighted by molar-refractivity contribution is 0.541. The van der Waals surface area contributed by atoms with Gasteiger partial charge in [0.2, 0.25) is 0 Å². The molecule has 4 rings (SSSR count). The van der Waals surface area contributed by atoms with Gasteiger partial charge in [0.25, 0.3) is 0 Å². The van der Waals surface area contributed by atoms with Gasteiger partial charge in [-0.15, -0.1) is 0 Å². The van der Waals surface area contributed by atoms with Gasteiger partial charge >= 0.3 is 0 Å². The molecule has 3 aromatic rings. The zero-order valence-electron chi connectivity index (χ0n) is 17.3. The van der Waals surface area contributed by atoms with E-state index >= 15 is 0 Å². The third-order valence-electron chi connectivity index (χ3n) is 5.25. The minimum absolute atomic E-state index is 0.102. The van der Waals surface area contributed by atoms with Crippen molar-refractivity contribution in [3.05, 3.63) is 60.9 Å². The lowest BCUT2D eigenvalue weighted by atomic mass is 10.1. The molecule has 29 heavy (non-hydrogen) atoms. The average Bonchev–Trinajstić information content (AvgIpc) is 3.17. The van der Waals surface area contributed by atoms with Crippen molar-refractivity contribution in [2.45, 2.75) is 52.2 Å². The van der Waals surface area contributed by atoms with Gasteiger partial charge in [-0.2, -0.15) is 5.26 Å². The average molecular weight is 387 g/mol. The molecule has 0 bridgehead atoms. The highest BCUT2D eigenvalue weighted by atomic mass is 15.4. The van der Waals surface area contributed by atoms with Crippen LogP contribution in [-0.2, 0) is 13.1 Å². The SMILES string of the molecule is C=C1N(Cc2nc3ccccc3n2CCCC#N)c2cnccc2N1C(C)(C)C. The summed E-state index contributed by atoms with van der Waals surface area (Å²) in [5.74, 6) is 1.90. The molecule has 0 atom stereocenters. The number of nitriles is 1. The van der Waals surface area contributed by atoms with E-state index in [2.05, 4.69) is 58.8 Å². The van der Waals surface area contributed by atoms with Crippen LogP contribution in [0.2, 0.25) is 0 Å². The summed E-state index contributed by atoms with van der Waals surface area (Å²) >= 11 is 0. The number of para-hydroxylation sites is 2. The molecule has 148 valence electrons. The number of nitrogens with zero attached hydrogens (tertiary/aromatic N) is 6. The minimum atomic E-state index is -0.102. The first-order chi connectivity index (χ1) is 13.9. The third kappa shape index (κ3) is 3.33. The van der Waals surface area contributed by atoms with Crippen molar-refractivity contribution in [3.63, 3.8) is 0 Å². The summed E-state index contributed by atoms with van der Waals surface area (Å²) in [6, 6.07) is 12.5. The smallest absolute Gasteiger partial charge is 0.129 e. The number of imidazole rings is 1. The maximum Gasteiger partial charge on any atom is 0.129 e. The number of fused-ring (bicyclic) bond motifs is 2. The van der Waals surface area contributed by atoms with Gasteiger partial charge in [0.1, 0.15) is 11.6 Å². The molecule has 1 aliphatic rings. The van der Waals surface area contributed by atoms with Crippen LogP contribution in [0.4, 0.5) is 11.4 Å². The quantitative estimate of drug-likeness (QED) is 0.588. The van der Waals surface area contributed by atoms with Crippen LogP contribution in [0.5, 0.6) is 0 Å². The van der Waals surface area contributed by atoms with E-state index < -0.39 is 0 Å². The first-order valence-electron chi connectivity index (χ1n) is 9.93. The molecule has 2 aromatic heterocycles. The molecule has 6 nitrogen and oxygen atoms in total. The normalized spacial score (nSPS) is 13.8. The topological polar surface area (TPSA) is 61.0 Å². The number of hydrogen-bond donors (Lipinski definition) is 0. The van der Waals surface area contributed by atoms with E-state index in [9.17, 15) is 0 Å². The van der Waals surface area contributed by atoms with Gasteiger partial charge in [0.05, 0.1) is 41.2 Å². The molecule has 0 amide bonds. The van der Waals surface area contributed by atoms with Crippen LogP contribution < -0.4 is 9.80 Å². The van der Waals surface area contributed by atoms with E-state index in [1.165, 1.54) is 0 Å². The zero-order chi connectivity index (χ0) is 20.6. The second kappa shape index (κ2) is 7.25. The molecule has 6 heteroatoms. The van der Waals surface area contributed by atoms with Gasteiger partial charge < -0.3 is 14.4 Å². The molecule has 0 radical (unpaired) electrons. The highest BCUT2D eigenvalue weighted by molar-refractivity contribution is 5.82. The number of unbranched alkanes of at least 4 members (excludes halogenated alkanes) is 1. The maximum atomic E-state index is 8.95. The molecule has 0 fully saturated rings. The number of benzene rings is 1. The van der Waals surface area contributed by atoms with Gasteiger partial charge in [-0.1, -0.05) is 18.7 Å². The Kier molecular flexibility index (Phi) is 4.75. The Balaban J connectivity index is 1.74. The fraction of sp³-hybridized carbons (Fsp3) is 0.348. The molecule has 0 N–H and O–H groups in total. The Labute approximate surface area is 171 Å². The number of rotatable bonds is 5. The summed E-state index contributed by atoms with van der Waals surface area (Å²) in [5, 5.41) is 8.95. The van der Waals surface area contributed by atoms with Gasteiger partial charge in [-0.25, -0.2) is 4.98 Å². The molecule has 1 aliphatic heterocycles. The van der Waals surface area contributed by atoms with Crippen molar-refractivity contribution in [1.29, 1.82) is 5.26 Å². The first-order valence-corrected chi connectivity index (χ1v) is 9.93. The van der Waals surface area contributed by atoms with E-state index in [4.69, 9.17) is 10.2 Å². The molecule has 3 heterocycles. The maximum absolute atomic E-state index is 8.95. The lowest BCUT2D eigenvalue weighted by Crippen LogP contribution is -2.41. The molecular formula is C23H26N6. The van der Waals surface area contributed by atoms with E-state index in [1.54, 1.807) is 0 Å². The molecule has 1 aromatic carbocycles. The number of anilines is 2. The van der Waals surface area contributed by atoms with E-state index in [-0.39, 0.29) is 5.54 Å². The number of pyridine rings is 1. The zero-order valence-corrected chi connectivity index (χ0v) is 17.3. The van der Waals surface area contributed by atoms with Crippen LogP contribution in [-0.4, -0.2) is 20.1 Å². The Morgan fingerprint density at radius 3 is 2.69 bits per heavy atom. The van der Waals surface area contributed by atoms with Crippen LogP contribution in [0, 0.1) is 11.3 Å². The Morgan fingerprint density at radius 1 is 1.14 bits per heavy atom. The summed E-state index contributed by atoms with van der Waals surface area (Å²) in [6.07, 6.45) is 5.06. The van der Waals surface area contributed by atoms with Crippen molar-refractivity contribution in [2.24, 2.45) is 0 Å². The van der Waals surface area contributed by atoms with Crippen molar-refractivity contribution in [3.8, 4) is 6.07 Å². The van der Waals surface area contributed by atoms with Crippen molar-refractivity contribution in [2.75, 3.05) is 9.80 Å². The Hall–Kier alpha value is -3.33. The highest BCUT2D eigenvalue weighted by Crippen LogP contribution is 2.44. The molecular weight excluding hydrogens is 360 g/mol. The van der Waals surface area contributed by atoms with Crippen LogP contribution in [0.25, 0.3) is 11.0 Å². The van der Waals surface area contributed by atoms with Crippen LogP contribution in [0.15, 0.2) is 55.1 Å². The Bertz CT molecular complexity index is 1100. The predicted octanol–water partition coefficient (Wildman–Crippen LogP) is 4.83. The second-order valence-electron chi connectivity index (χ2n) is 8.30. The molecule has 0 spiro atoms. The lowest BCUT2D eigenvalue weighted by Gasteiger charge is -2.35. The van der Waals surface area contributed by atoms with Gasteiger partial charge in [-0.3, -0.25) is 4.98 Å². The standard InChI is InChI=1S/C23H26N6/c1-17-28(21-15-25-13-11-20(21)29(17)23(2,3)4)16-22-26-18-9-5-6-10-19(18)27(22)14-8-7-12-24/h5-6,9-11,13,15H,1,7-8,14,16H2,2-4H3. The molecule has 0 saturated heterocycles. The largest absolute Gasteiger partial charge is 0.326 e. The molecule has 0 unspecified atom stereocenters. The summed E-state index contributed by atoms with van der Waals surface area (Å²) in [4.78, 5) is 13.7. The van der Waals surface area contributed by atoms with Crippen LogP contribution in [0.3, 0.4) is 0 Å². The highest BCUT2D eigenvalue weighted by Gasteiger charge is 2.37. The van der Waals surface area contributed by atoms with Gasteiger partial charge in [-0.05, 0) is 45.4 Å². The first kappa shape index (κ1) is 19.0. The Morgan fingerprint density at radius 2 is 1.93 bits per heavy atom. The third-order valence-corrected chi connectivity index (χ3v) is 5.25. The van der Waals surface area contributed by atoms with Gasteiger partial charge in [0.15, 0.2) is 0 Å². The van der Waals surface area contributed by atoms with Crippen molar-refractivity contribution < 1.29 is 0 Å². The summed E-state index contributed by atoms with van der Waals surface area (Å²) in [5.41, 5.74) is 4.13. The minimum Gasteiger partial charge on any atom is -0.326 e. The van der Waals surface area contributed by atoms with Gasteiger partial charge in [0, 0.05) is 24.7 Å². The van der Waals surface area contributed by atoms with E-state index in [1.807, 2.05) is 36.7 Å². The van der Waals surface area contributed by atoms with Crippen molar-refractivity contribution in [1.82, 2.24) is 14.5 Å². The van der Waals surface area contributed by atoms with E-state index in [0.29, 0.717) is 13.0 Å². The fourth-order valence-electron chi connectivity index (χ4n) is 4.05. The van der Waals surface area contributed by atoms with Crippen LogP contribution >= 0.6 is 0 Å². The number of hydrogen-bond acceptors (Lipinski definition) is 5.